The number of ether oxygens (including phenoxy) is 1. The van der Waals surface area contributed by atoms with Gasteiger partial charge in [-0.2, -0.15) is 5.10 Å². The topological polar surface area (TPSA) is 56.1 Å². The molecule has 110 valence electrons. The Kier molecular flexibility index (Phi) is 3.84. The fourth-order valence-corrected chi connectivity index (χ4v) is 2.74. The first-order valence-electron chi connectivity index (χ1n) is 6.92. The summed E-state index contributed by atoms with van der Waals surface area (Å²) in [6.45, 7) is 3.73. The molecule has 0 radical (unpaired) electrons. The van der Waals surface area contributed by atoms with E-state index in [0.717, 1.165) is 35.5 Å². The average Bonchev–Trinajstić information content (AvgIpc) is 2.90. The summed E-state index contributed by atoms with van der Waals surface area (Å²) in [5, 5.41) is 7.92. The number of fused-ring (bicyclic) bond motifs is 1. The molecule has 0 spiro atoms. The second-order valence-electron chi connectivity index (χ2n) is 4.92. The second kappa shape index (κ2) is 5.77. The van der Waals surface area contributed by atoms with Gasteiger partial charge in [0.05, 0.1) is 25.0 Å². The zero-order chi connectivity index (χ0) is 14.8. The van der Waals surface area contributed by atoms with E-state index in [4.69, 9.17) is 16.3 Å². The van der Waals surface area contributed by atoms with Gasteiger partial charge < -0.3 is 10.1 Å². The summed E-state index contributed by atoms with van der Waals surface area (Å²) in [7, 11) is 0. The smallest absolute Gasteiger partial charge is 0.269 e. The Morgan fingerprint density at radius 2 is 2.29 bits per heavy atom. The van der Waals surface area contributed by atoms with Crippen molar-refractivity contribution in [2.45, 2.75) is 19.9 Å². The van der Waals surface area contributed by atoms with E-state index in [9.17, 15) is 4.79 Å². The van der Waals surface area contributed by atoms with Gasteiger partial charge in [-0.1, -0.05) is 11.6 Å². The minimum Gasteiger partial charge on any atom is -0.493 e. The summed E-state index contributed by atoms with van der Waals surface area (Å²) in [4.78, 5) is 12.1. The van der Waals surface area contributed by atoms with Gasteiger partial charge in [-0.15, -0.1) is 0 Å². The van der Waals surface area contributed by atoms with Crippen molar-refractivity contribution < 1.29 is 4.74 Å². The Hall–Kier alpha value is -2.01. The van der Waals surface area contributed by atoms with Crippen LogP contribution in [-0.4, -0.2) is 22.9 Å². The Morgan fingerprint density at radius 3 is 3.05 bits per heavy atom. The monoisotopic (exact) mass is 305 g/mol. The zero-order valence-corrected chi connectivity index (χ0v) is 12.5. The molecular weight excluding hydrogens is 290 g/mol. The standard InChI is InChI=1S/C15H16ClN3O2/c1-2-17-13-7-14(20)19(18-8-13)9-11-6-12(16)5-10-3-4-21-15(10)11/h5-8,17H,2-4,9H2,1H3. The van der Waals surface area contributed by atoms with Gasteiger partial charge >= 0.3 is 0 Å². The number of aromatic nitrogens is 2. The lowest BCUT2D eigenvalue weighted by atomic mass is 10.1. The van der Waals surface area contributed by atoms with Gasteiger partial charge in [0.25, 0.3) is 5.56 Å². The van der Waals surface area contributed by atoms with E-state index < -0.39 is 0 Å². The average molecular weight is 306 g/mol. The highest BCUT2D eigenvalue weighted by Crippen LogP contribution is 2.33. The van der Waals surface area contributed by atoms with Gasteiger partial charge in [0.15, 0.2) is 0 Å². The molecule has 2 aromatic rings. The molecule has 1 aliphatic rings. The van der Waals surface area contributed by atoms with E-state index in [1.165, 1.54) is 4.68 Å². The molecule has 0 bridgehead atoms. The number of anilines is 1. The largest absolute Gasteiger partial charge is 0.493 e. The van der Waals surface area contributed by atoms with Gasteiger partial charge in [0.2, 0.25) is 0 Å². The highest BCUT2D eigenvalue weighted by Gasteiger charge is 2.18. The maximum Gasteiger partial charge on any atom is 0.269 e. The molecule has 2 heterocycles. The molecule has 6 heteroatoms. The van der Waals surface area contributed by atoms with Gasteiger partial charge in [-0.25, -0.2) is 4.68 Å². The van der Waals surface area contributed by atoms with Crippen molar-refractivity contribution in [3.05, 3.63) is 50.9 Å². The third-order valence-electron chi connectivity index (χ3n) is 3.40. The van der Waals surface area contributed by atoms with E-state index >= 15 is 0 Å². The molecule has 3 rings (SSSR count). The van der Waals surface area contributed by atoms with Crippen molar-refractivity contribution in [1.82, 2.24) is 9.78 Å². The van der Waals surface area contributed by atoms with Gasteiger partial charge in [-0.3, -0.25) is 4.79 Å². The summed E-state index contributed by atoms with van der Waals surface area (Å²) in [6.07, 6.45) is 2.50. The Balaban J connectivity index is 1.93. The van der Waals surface area contributed by atoms with Gasteiger partial charge in [0.1, 0.15) is 5.75 Å². The van der Waals surface area contributed by atoms with E-state index in [0.29, 0.717) is 18.2 Å². The highest BCUT2D eigenvalue weighted by molar-refractivity contribution is 6.30. The predicted molar refractivity (Wildman–Crippen MR) is 82.4 cm³/mol. The molecule has 5 nitrogen and oxygen atoms in total. The SMILES string of the molecule is CCNc1cnn(Cc2cc(Cl)cc3c2OCC3)c(=O)c1. The van der Waals surface area contributed by atoms with Crippen molar-refractivity contribution in [1.29, 1.82) is 0 Å². The van der Waals surface area contributed by atoms with Crippen molar-refractivity contribution in [2.75, 3.05) is 18.5 Å². The van der Waals surface area contributed by atoms with E-state index in [1.807, 2.05) is 19.1 Å². The minimum atomic E-state index is -0.153. The summed E-state index contributed by atoms with van der Waals surface area (Å²) in [5.74, 6) is 0.837. The zero-order valence-electron chi connectivity index (χ0n) is 11.7. The summed E-state index contributed by atoms with van der Waals surface area (Å²) >= 11 is 6.13. The number of nitrogens with one attached hydrogen (secondary N) is 1. The first-order chi connectivity index (χ1) is 10.2. The van der Waals surface area contributed by atoms with Crippen molar-refractivity contribution in [3.8, 4) is 5.75 Å². The van der Waals surface area contributed by atoms with E-state index in [1.54, 1.807) is 12.3 Å². The molecule has 0 fully saturated rings. The van der Waals surface area contributed by atoms with Crippen LogP contribution in [0.3, 0.4) is 0 Å². The fraction of sp³-hybridized carbons (Fsp3) is 0.333. The van der Waals surface area contributed by atoms with Crippen LogP contribution in [0.4, 0.5) is 5.69 Å². The lowest BCUT2D eigenvalue weighted by Crippen LogP contribution is -2.23. The lowest BCUT2D eigenvalue weighted by molar-refractivity contribution is 0.352. The molecule has 0 saturated carbocycles. The molecule has 1 aromatic carbocycles. The maximum absolute atomic E-state index is 12.1. The third kappa shape index (κ3) is 2.88. The molecule has 1 aromatic heterocycles. The molecule has 0 atom stereocenters. The highest BCUT2D eigenvalue weighted by atomic mass is 35.5. The van der Waals surface area contributed by atoms with Gasteiger partial charge in [-0.05, 0) is 24.6 Å². The Labute approximate surface area is 127 Å². The number of rotatable bonds is 4. The first-order valence-corrected chi connectivity index (χ1v) is 7.30. The minimum absolute atomic E-state index is 0.153. The van der Waals surface area contributed by atoms with Crippen LogP contribution in [0, 0.1) is 0 Å². The number of nitrogens with zero attached hydrogens (tertiary/aromatic N) is 2. The van der Waals surface area contributed by atoms with Crippen LogP contribution in [0.25, 0.3) is 0 Å². The van der Waals surface area contributed by atoms with E-state index in [2.05, 4.69) is 10.4 Å². The third-order valence-corrected chi connectivity index (χ3v) is 3.61. The quantitative estimate of drug-likeness (QED) is 0.942. The number of hydrogen-bond donors (Lipinski definition) is 1. The van der Waals surface area contributed by atoms with Crippen LogP contribution >= 0.6 is 11.6 Å². The molecule has 1 N–H and O–H groups in total. The molecule has 1 aliphatic heterocycles. The van der Waals surface area contributed by atoms with Crippen LogP contribution in [-0.2, 0) is 13.0 Å². The molecule has 21 heavy (non-hydrogen) atoms. The first kappa shape index (κ1) is 13.9. The van der Waals surface area contributed by atoms with Crippen molar-refractivity contribution >= 4 is 17.3 Å². The molecule has 0 unspecified atom stereocenters. The van der Waals surface area contributed by atoms with Gasteiger partial charge in [0, 0.05) is 29.6 Å². The molecule has 0 aliphatic carbocycles. The number of hydrogen-bond acceptors (Lipinski definition) is 4. The molecular formula is C15H16ClN3O2. The normalized spacial score (nSPS) is 12.9. The maximum atomic E-state index is 12.1. The summed E-state index contributed by atoms with van der Waals surface area (Å²) in [6, 6.07) is 5.29. The van der Waals surface area contributed by atoms with Crippen LogP contribution in [0.1, 0.15) is 18.1 Å². The van der Waals surface area contributed by atoms with Crippen LogP contribution in [0.2, 0.25) is 5.02 Å². The lowest BCUT2D eigenvalue weighted by Gasteiger charge is -2.11. The Morgan fingerprint density at radius 1 is 1.43 bits per heavy atom. The van der Waals surface area contributed by atoms with Crippen LogP contribution in [0.5, 0.6) is 5.75 Å². The predicted octanol–water partition coefficient (Wildman–Crippen LogP) is 2.31. The molecule has 0 amide bonds. The summed E-state index contributed by atoms with van der Waals surface area (Å²) in [5.41, 5.74) is 2.56. The summed E-state index contributed by atoms with van der Waals surface area (Å²) < 4.78 is 7.06. The van der Waals surface area contributed by atoms with Crippen LogP contribution < -0.4 is 15.6 Å². The molecule has 0 saturated heterocycles. The van der Waals surface area contributed by atoms with E-state index in [-0.39, 0.29) is 5.56 Å². The van der Waals surface area contributed by atoms with Crippen molar-refractivity contribution in [3.63, 3.8) is 0 Å². The second-order valence-corrected chi connectivity index (χ2v) is 5.36. The van der Waals surface area contributed by atoms with Crippen molar-refractivity contribution in [2.24, 2.45) is 0 Å². The Bertz CT molecular complexity index is 727. The van der Waals surface area contributed by atoms with Crippen LogP contribution in [0.15, 0.2) is 29.2 Å². The fourth-order valence-electron chi connectivity index (χ4n) is 2.48. The number of benzene rings is 1. The number of halogens is 1.